The lowest BCUT2D eigenvalue weighted by atomic mass is 10.1. The van der Waals surface area contributed by atoms with E-state index >= 15 is 0 Å². The highest BCUT2D eigenvalue weighted by Crippen LogP contribution is 2.20. The molecule has 0 atom stereocenters. The van der Waals surface area contributed by atoms with Gasteiger partial charge in [-0.1, -0.05) is 24.3 Å². The lowest BCUT2D eigenvalue weighted by Crippen LogP contribution is -2.36. The summed E-state index contributed by atoms with van der Waals surface area (Å²) in [6, 6.07) is 16.3. The number of hydrogen-bond donors (Lipinski definition) is 1. The first-order valence-electron chi connectivity index (χ1n) is 8.57. The Morgan fingerprint density at radius 1 is 1.12 bits per heavy atom. The summed E-state index contributed by atoms with van der Waals surface area (Å²) in [5.74, 6) is 1.35. The Balaban J connectivity index is 1.45. The van der Waals surface area contributed by atoms with Crippen molar-refractivity contribution in [2.75, 3.05) is 42.3 Å². The van der Waals surface area contributed by atoms with Crippen LogP contribution in [0, 0.1) is 6.92 Å². The Hall–Kier alpha value is -1.98. The minimum atomic E-state index is 0.0395. The average molecular weight is 356 g/mol. The van der Waals surface area contributed by atoms with Crippen LogP contribution in [0.15, 0.2) is 48.5 Å². The van der Waals surface area contributed by atoms with Crippen molar-refractivity contribution in [3.8, 4) is 0 Å². The molecule has 5 heteroatoms. The van der Waals surface area contributed by atoms with Crippen molar-refractivity contribution in [1.29, 1.82) is 0 Å². The number of amides is 1. The number of morpholine rings is 1. The van der Waals surface area contributed by atoms with Crippen LogP contribution in [0.5, 0.6) is 0 Å². The largest absolute Gasteiger partial charge is 0.378 e. The number of hydrogen-bond acceptors (Lipinski definition) is 4. The molecule has 2 aromatic carbocycles. The van der Waals surface area contributed by atoms with Crippen molar-refractivity contribution in [2.24, 2.45) is 0 Å². The molecule has 0 unspecified atom stereocenters. The minimum Gasteiger partial charge on any atom is -0.378 e. The monoisotopic (exact) mass is 356 g/mol. The molecule has 0 aliphatic carbocycles. The van der Waals surface area contributed by atoms with Gasteiger partial charge in [-0.25, -0.2) is 0 Å². The topological polar surface area (TPSA) is 41.6 Å². The lowest BCUT2D eigenvalue weighted by Gasteiger charge is -2.28. The third-order valence-corrected chi connectivity index (χ3v) is 5.26. The molecular weight excluding hydrogens is 332 g/mol. The second-order valence-electron chi connectivity index (χ2n) is 6.11. The molecule has 1 aliphatic heterocycles. The van der Waals surface area contributed by atoms with Crippen LogP contribution in [0.3, 0.4) is 0 Å². The predicted molar refractivity (Wildman–Crippen MR) is 105 cm³/mol. The summed E-state index contributed by atoms with van der Waals surface area (Å²) < 4.78 is 5.37. The quantitative estimate of drug-likeness (QED) is 0.857. The van der Waals surface area contributed by atoms with Gasteiger partial charge < -0.3 is 15.0 Å². The van der Waals surface area contributed by atoms with Gasteiger partial charge in [-0.05, 0) is 42.3 Å². The fourth-order valence-corrected chi connectivity index (χ4v) is 3.70. The summed E-state index contributed by atoms with van der Waals surface area (Å²) in [6.45, 7) is 5.49. The molecule has 0 aromatic heterocycles. The zero-order valence-electron chi connectivity index (χ0n) is 14.5. The number of aryl methyl sites for hydroxylation is 1. The van der Waals surface area contributed by atoms with Crippen molar-refractivity contribution in [3.63, 3.8) is 0 Å². The highest BCUT2D eigenvalue weighted by atomic mass is 32.2. The van der Waals surface area contributed by atoms with Gasteiger partial charge in [0, 0.05) is 30.2 Å². The van der Waals surface area contributed by atoms with Gasteiger partial charge in [-0.2, -0.15) is 0 Å². The fourth-order valence-electron chi connectivity index (χ4n) is 2.80. The highest BCUT2D eigenvalue weighted by Gasteiger charge is 2.11. The van der Waals surface area contributed by atoms with Crippen LogP contribution in [-0.2, 0) is 15.3 Å². The first kappa shape index (κ1) is 17.8. The summed E-state index contributed by atoms with van der Waals surface area (Å²) in [7, 11) is 0. The molecule has 3 rings (SSSR count). The van der Waals surface area contributed by atoms with E-state index in [9.17, 15) is 4.79 Å². The van der Waals surface area contributed by atoms with E-state index in [-0.39, 0.29) is 5.91 Å². The molecule has 1 saturated heterocycles. The normalized spacial score (nSPS) is 14.4. The van der Waals surface area contributed by atoms with Gasteiger partial charge in [0.15, 0.2) is 0 Å². The summed E-state index contributed by atoms with van der Waals surface area (Å²) in [4.78, 5) is 14.4. The summed E-state index contributed by atoms with van der Waals surface area (Å²) in [5.41, 5.74) is 4.58. The number of rotatable bonds is 6. The molecule has 0 bridgehead atoms. The van der Waals surface area contributed by atoms with Crippen LogP contribution < -0.4 is 10.2 Å². The number of ether oxygens (including phenoxy) is 1. The van der Waals surface area contributed by atoms with E-state index in [0.29, 0.717) is 5.75 Å². The number of carbonyl (C=O) groups excluding carboxylic acids is 1. The molecule has 1 amide bonds. The number of carbonyl (C=O) groups is 1. The highest BCUT2D eigenvalue weighted by molar-refractivity contribution is 7.99. The summed E-state index contributed by atoms with van der Waals surface area (Å²) >= 11 is 1.64. The van der Waals surface area contributed by atoms with Gasteiger partial charge in [-0.3, -0.25) is 4.79 Å². The second-order valence-corrected chi connectivity index (χ2v) is 7.10. The van der Waals surface area contributed by atoms with Crippen molar-refractivity contribution in [2.45, 2.75) is 12.7 Å². The summed E-state index contributed by atoms with van der Waals surface area (Å²) in [6.07, 6.45) is 0. The van der Waals surface area contributed by atoms with Crippen molar-refractivity contribution >= 4 is 29.0 Å². The number of nitrogens with one attached hydrogen (secondary N) is 1. The maximum absolute atomic E-state index is 12.1. The van der Waals surface area contributed by atoms with Gasteiger partial charge in [0.05, 0.1) is 19.0 Å². The standard InChI is InChI=1S/C20H24N2O2S/c1-16-4-2-3-5-17(16)14-25-15-20(23)21-18-6-8-19(9-7-18)22-10-12-24-13-11-22/h2-9H,10-15H2,1H3,(H,21,23). The Kier molecular flexibility index (Phi) is 6.36. The Bertz CT molecular complexity index is 697. The van der Waals surface area contributed by atoms with Crippen LogP contribution in [0.1, 0.15) is 11.1 Å². The van der Waals surface area contributed by atoms with E-state index in [2.05, 4.69) is 41.4 Å². The molecule has 25 heavy (non-hydrogen) atoms. The third-order valence-electron chi connectivity index (χ3n) is 4.28. The number of nitrogens with zero attached hydrogens (tertiary/aromatic N) is 1. The van der Waals surface area contributed by atoms with Crippen LogP contribution in [0.25, 0.3) is 0 Å². The molecule has 0 spiro atoms. The molecule has 4 nitrogen and oxygen atoms in total. The van der Waals surface area contributed by atoms with Gasteiger partial charge >= 0.3 is 0 Å². The molecule has 0 radical (unpaired) electrons. The Morgan fingerprint density at radius 2 is 1.84 bits per heavy atom. The first-order chi connectivity index (χ1) is 12.2. The zero-order chi connectivity index (χ0) is 17.5. The molecular formula is C20H24N2O2S. The van der Waals surface area contributed by atoms with Crippen LogP contribution >= 0.6 is 11.8 Å². The van der Waals surface area contributed by atoms with Crippen molar-refractivity contribution < 1.29 is 9.53 Å². The minimum absolute atomic E-state index is 0.0395. The molecule has 1 aliphatic rings. The van der Waals surface area contributed by atoms with Gasteiger partial charge in [0.25, 0.3) is 0 Å². The van der Waals surface area contributed by atoms with E-state index in [4.69, 9.17) is 4.74 Å². The molecule has 1 N–H and O–H groups in total. The second kappa shape index (κ2) is 8.92. The van der Waals surface area contributed by atoms with E-state index in [1.807, 2.05) is 24.3 Å². The maximum Gasteiger partial charge on any atom is 0.234 e. The molecule has 1 heterocycles. The SMILES string of the molecule is Cc1ccccc1CSCC(=O)Nc1ccc(N2CCOCC2)cc1. The predicted octanol–water partition coefficient (Wildman–Crippen LogP) is 3.70. The zero-order valence-corrected chi connectivity index (χ0v) is 15.3. The Labute approximate surface area is 153 Å². The van der Waals surface area contributed by atoms with E-state index < -0.39 is 0 Å². The van der Waals surface area contributed by atoms with Gasteiger partial charge in [0.2, 0.25) is 5.91 Å². The molecule has 2 aromatic rings. The van der Waals surface area contributed by atoms with Gasteiger partial charge in [-0.15, -0.1) is 11.8 Å². The van der Waals surface area contributed by atoms with Crippen LogP contribution in [-0.4, -0.2) is 38.0 Å². The van der Waals surface area contributed by atoms with Crippen LogP contribution in [0.4, 0.5) is 11.4 Å². The number of benzene rings is 2. The third kappa shape index (κ3) is 5.25. The molecule has 132 valence electrons. The number of anilines is 2. The fraction of sp³-hybridized carbons (Fsp3) is 0.350. The van der Waals surface area contributed by atoms with Crippen molar-refractivity contribution in [3.05, 3.63) is 59.7 Å². The Morgan fingerprint density at radius 3 is 2.56 bits per heavy atom. The van der Waals surface area contributed by atoms with Crippen molar-refractivity contribution in [1.82, 2.24) is 0 Å². The summed E-state index contributed by atoms with van der Waals surface area (Å²) in [5, 5.41) is 2.97. The molecule has 1 fully saturated rings. The maximum atomic E-state index is 12.1. The number of thioether (sulfide) groups is 1. The smallest absolute Gasteiger partial charge is 0.234 e. The lowest BCUT2D eigenvalue weighted by molar-refractivity contribution is -0.113. The first-order valence-corrected chi connectivity index (χ1v) is 9.73. The van der Waals surface area contributed by atoms with Gasteiger partial charge in [0.1, 0.15) is 0 Å². The molecule has 0 saturated carbocycles. The average Bonchev–Trinajstić information content (AvgIpc) is 2.65. The van der Waals surface area contributed by atoms with E-state index in [1.54, 1.807) is 11.8 Å². The van der Waals surface area contributed by atoms with E-state index in [1.165, 1.54) is 16.8 Å². The van der Waals surface area contributed by atoms with E-state index in [0.717, 1.165) is 37.7 Å². The van der Waals surface area contributed by atoms with Crippen LogP contribution in [0.2, 0.25) is 0 Å².